The number of unbranched alkanes of at least 4 members (excludes halogenated alkanes) is 8. The largest absolute Gasteiger partial charge is 0.462 e. The van der Waals surface area contributed by atoms with Crippen LogP contribution in [0.1, 0.15) is 90.9 Å². The summed E-state index contributed by atoms with van der Waals surface area (Å²) in [5.74, 6) is -0.277. The van der Waals surface area contributed by atoms with Crippen molar-refractivity contribution in [3.63, 3.8) is 0 Å². The molecule has 0 aromatic rings. The predicted octanol–water partition coefficient (Wildman–Crippen LogP) is 5.17. The number of hydrogen-bond donors (Lipinski definition) is 1. The molecule has 1 N–H and O–H groups in total. The van der Waals surface area contributed by atoms with E-state index in [9.17, 15) is 9.90 Å². The number of rotatable bonds is 15. The average Bonchev–Trinajstić information content (AvgIpc) is 2.50. The van der Waals surface area contributed by atoms with Crippen LogP contribution < -0.4 is 0 Å². The van der Waals surface area contributed by atoms with Gasteiger partial charge in [0.05, 0.1) is 12.7 Å². The number of carbonyl (C=O) groups is 1. The molecule has 0 amide bonds. The highest BCUT2D eigenvalue weighted by molar-refractivity contribution is 5.86. The summed E-state index contributed by atoms with van der Waals surface area (Å²) >= 11 is 0. The van der Waals surface area contributed by atoms with E-state index >= 15 is 0 Å². The minimum atomic E-state index is -0.277. The molecule has 0 aliphatic heterocycles. The normalized spacial score (nSPS) is 12.1. The Morgan fingerprint density at radius 3 is 2.00 bits per heavy atom. The molecule has 0 heterocycles. The van der Waals surface area contributed by atoms with Crippen LogP contribution in [-0.2, 0) is 9.53 Å². The van der Waals surface area contributed by atoms with E-state index in [-0.39, 0.29) is 12.1 Å². The fourth-order valence-corrected chi connectivity index (χ4v) is 2.41. The SMILES string of the molecule is C=C(C)C(=O)OCCCCCCCCCCC(O)CCCC. The summed E-state index contributed by atoms with van der Waals surface area (Å²) in [4.78, 5) is 11.1. The molecule has 0 radical (unpaired) electrons. The van der Waals surface area contributed by atoms with E-state index < -0.39 is 0 Å². The maximum Gasteiger partial charge on any atom is 0.333 e. The van der Waals surface area contributed by atoms with Crippen LogP contribution in [0.2, 0.25) is 0 Å². The number of carbonyl (C=O) groups excluding carboxylic acids is 1. The van der Waals surface area contributed by atoms with Gasteiger partial charge in [-0.3, -0.25) is 0 Å². The molecule has 0 aromatic carbocycles. The zero-order chi connectivity index (χ0) is 16.6. The Bertz CT molecular complexity index is 286. The molecule has 0 saturated carbocycles. The van der Waals surface area contributed by atoms with Crippen molar-refractivity contribution in [3.05, 3.63) is 12.2 Å². The fraction of sp³-hybridized carbons (Fsp3) is 0.842. The molecule has 0 aliphatic carbocycles. The molecule has 0 fully saturated rings. The Kier molecular flexibility index (Phi) is 14.5. The smallest absolute Gasteiger partial charge is 0.333 e. The van der Waals surface area contributed by atoms with Gasteiger partial charge in [-0.05, 0) is 26.2 Å². The van der Waals surface area contributed by atoms with Crippen LogP contribution in [-0.4, -0.2) is 23.8 Å². The molecule has 0 saturated heterocycles. The summed E-state index contributed by atoms with van der Waals surface area (Å²) in [6.45, 7) is 7.90. The lowest BCUT2D eigenvalue weighted by atomic mass is 10.0. The van der Waals surface area contributed by atoms with E-state index in [1.54, 1.807) is 6.92 Å². The second kappa shape index (κ2) is 15.1. The lowest BCUT2D eigenvalue weighted by Gasteiger charge is -2.09. The second-order valence-electron chi connectivity index (χ2n) is 6.33. The van der Waals surface area contributed by atoms with Crippen LogP contribution in [0.25, 0.3) is 0 Å². The fourth-order valence-electron chi connectivity index (χ4n) is 2.41. The van der Waals surface area contributed by atoms with Gasteiger partial charge in [0.25, 0.3) is 0 Å². The van der Waals surface area contributed by atoms with Gasteiger partial charge in [-0.25, -0.2) is 4.79 Å². The number of ether oxygens (including phenoxy) is 1. The highest BCUT2D eigenvalue weighted by Crippen LogP contribution is 2.13. The van der Waals surface area contributed by atoms with Gasteiger partial charge in [0.15, 0.2) is 0 Å². The molecule has 130 valence electrons. The van der Waals surface area contributed by atoms with E-state index in [0.717, 1.165) is 38.5 Å². The van der Waals surface area contributed by atoms with Crippen LogP contribution in [0.4, 0.5) is 0 Å². The van der Waals surface area contributed by atoms with Crippen molar-refractivity contribution in [2.75, 3.05) is 6.61 Å². The lowest BCUT2D eigenvalue weighted by molar-refractivity contribution is -0.139. The van der Waals surface area contributed by atoms with Crippen molar-refractivity contribution in [2.24, 2.45) is 0 Å². The number of hydrogen-bond acceptors (Lipinski definition) is 3. The molecule has 0 bridgehead atoms. The summed E-state index contributed by atoms with van der Waals surface area (Å²) in [5, 5.41) is 9.74. The van der Waals surface area contributed by atoms with E-state index in [1.807, 2.05) is 0 Å². The molecular weight excluding hydrogens is 276 g/mol. The van der Waals surface area contributed by atoms with Gasteiger partial charge in [0.1, 0.15) is 0 Å². The summed E-state index contributed by atoms with van der Waals surface area (Å²) in [6.07, 6.45) is 13.6. The summed E-state index contributed by atoms with van der Waals surface area (Å²) < 4.78 is 5.05. The average molecular weight is 312 g/mol. The van der Waals surface area contributed by atoms with E-state index in [4.69, 9.17) is 4.74 Å². The van der Waals surface area contributed by atoms with E-state index in [0.29, 0.717) is 12.2 Å². The van der Waals surface area contributed by atoms with Crippen LogP contribution in [0.15, 0.2) is 12.2 Å². The van der Waals surface area contributed by atoms with Crippen molar-refractivity contribution in [1.29, 1.82) is 0 Å². The van der Waals surface area contributed by atoms with Gasteiger partial charge < -0.3 is 9.84 Å². The van der Waals surface area contributed by atoms with Gasteiger partial charge in [0.2, 0.25) is 0 Å². The first-order valence-corrected chi connectivity index (χ1v) is 9.08. The predicted molar refractivity (Wildman–Crippen MR) is 92.9 cm³/mol. The number of esters is 1. The van der Waals surface area contributed by atoms with Crippen molar-refractivity contribution >= 4 is 5.97 Å². The number of aliphatic hydroxyl groups is 1. The van der Waals surface area contributed by atoms with Crippen molar-refractivity contribution in [3.8, 4) is 0 Å². The standard InChI is InChI=1S/C19H36O3/c1-4-5-14-18(20)15-12-10-8-6-7-9-11-13-16-22-19(21)17(2)3/h18,20H,2,4-16H2,1,3H3. The minimum Gasteiger partial charge on any atom is -0.462 e. The summed E-state index contributed by atoms with van der Waals surface area (Å²) in [5.41, 5.74) is 0.472. The molecule has 0 rings (SSSR count). The van der Waals surface area contributed by atoms with Crippen LogP contribution in [0.5, 0.6) is 0 Å². The van der Waals surface area contributed by atoms with Crippen LogP contribution >= 0.6 is 0 Å². The van der Waals surface area contributed by atoms with Gasteiger partial charge >= 0.3 is 5.97 Å². The van der Waals surface area contributed by atoms with E-state index in [1.165, 1.54) is 38.5 Å². The molecule has 1 atom stereocenters. The molecular formula is C19H36O3. The topological polar surface area (TPSA) is 46.5 Å². The third kappa shape index (κ3) is 14.1. The number of aliphatic hydroxyl groups excluding tert-OH is 1. The highest BCUT2D eigenvalue weighted by Gasteiger charge is 2.03. The first-order valence-electron chi connectivity index (χ1n) is 9.08. The van der Waals surface area contributed by atoms with Crippen LogP contribution in [0.3, 0.4) is 0 Å². The third-order valence-corrected chi connectivity index (χ3v) is 3.90. The Morgan fingerprint density at radius 1 is 0.955 bits per heavy atom. The summed E-state index contributed by atoms with van der Waals surface area (Å²) in [7, 11) is 0. The zero-order valence-electron chi connectivity index (χ0n) is 14.7. The Balaban J connectivity index is 3.17. The molecule has 22 heavy (non-hydrogen) atoms. The molecule has 3 nitrogen and oxygen atoms in total. The quantitative estimate of drug-likeness (QED) is 0.258. The van der Waals surface area contributed by atoms with Gasteiger partial charge in [-0.15, -0.1) is 0 Å². The second-order valence-corrected chi connectivity index (χ2v) is 6.33. The maximum atomic E-state index is 11.1. The molecule has 3 heteroatoms. The molecule has 0 aliphatic rings. The zero-order valence-corrected chi connectivity index (χ0v) is 14.7. The first kappa shape index (κ1) is 21.2. The van der Waals surface area contributed by atoms with Gasteiger partial charge in [-0.2, -0.15) is 0 Å². The van der Waals surface area contributed by atoms with Crippen molar-refractivity contribution in [2.45, 2.75) is 97.0 Å². The highest BCUT2D eigenvalue weighted by atomic mass is 16.5. The Hall–Kier alpha value is -0.830. The Labute approximate surface area is 137 Å². The summed E-state index contributed by atoms with van der Waals surface area (Å²) in [6, 6.07) is 0. The van der Waals surface area contributed by atoms with Gasteiger partial charge in [-0.1, -0.05) is 71.3 Å². The molecule has 1 unspecified atom stereocenters. The van der Waals surface area contributed by atoms with Crippen molar-refractivity contribution in [1.82, 2.24) is 0 Å². The first-order chi connectivity index (χ1) is 10.6. The van der Waals surface area contributed by atoms with Crippen LogP contribution in [0, 0.1) is 0 Å². The monoisotopic (exact) mass is 312 g/mol. The third-order valence-electron chi connectivity index (χ3n) is 3.90. The van der Waals surface area contributed by atoms with Crippen molar-refractivity contribution < 1.29 is 14.6 Å². The van der Waals surface area contributed by atoms with Gasteiger partial charge in [0, 0.05) is 5.57 Å². The minimum absolute atomic E-state index is 0.0816. The Morgan fingerprint density at radius 2 is 1.45 bits per heavy atom. The molecule has 0 aromatic heterocycles. The lowest BCUT2D eigenvalue weighted by Crippen LogP contribution is -2.06. The molecule has 0 spiro atoms. The maximum absolute atomic E-state index is 11.1. The van der Waals surface area contributed by atoms with E-state index in [2.05, 4.69) is 13.5 Å².